The van der Waals surface area contributed by atoms with Crippen molar-refractivity contribution in [2.45, 2.75) is 19.8 Å². The topological polar surface area (TPSA) is 106 Å². The number of carbonyl (C=O) groups excluding carboxylic acids is 3. The number of halogens is 1. The number of carbonyl (C=O) groups is 3. The van der Waals surface area contributed by atoms with Crippen LogP contribution in [0.4, 0.5) is 5.69 Å². The molecule has 0 saturated heterocycles. The van der Waals surface area contributed by atoms with Crippen molar-refractivity contribution in [3.05, 3.63) is 58.6 Å². The quantitative estimate of drug-likeness (QED) is 0.311. The Morgan fingerprint density at radius 2 is 1.80 bits per heavy atom. The van der Waals surface area contributed by atoms with E-state index in [4.69, 9.17) is 9.47 Å². The van der Waals surface area contributed by atoms with Crippen LogP contribution in [-0.4, -0.2) is 37.2 Å². The Morgan fingerprint density at radius 1 is 1.07 bits per heavy atom. The molecule has 0 unspecified atom stereocenters. The summed E-state index contributed by atoms with van der Waals surface area (Å²) in [7, 11) is 0. The first kappa shape index (κ1) is 23.1. The Morgan fingerprint density at radius 3 is 2.50 bits per heavy atom. The van der Waals surface area contributed by atoms with Crippen molar-refractivity contribution in [2.75, 3.05) is 18.5 Å². The maximum atomic E-state index is 11.8. The second-order valence-corrected chi connectivity index (χ2v) is 6.85. The normalized spacial score (nSPS) is 10.5. The lowest BCUT2D eigenvalue weighted by molar-refractivity contribution is -0.145. The molecule has 0 fully saturated rings. The zero-order valence-electron chi connectivity index (χ0n) is 16.4. The molecule has 0 bridgehead atoms. The van der Waals surface area contributed by atoms with Crippen molar-refractivity contribution in [1.82, 2.24) is 5.43 Å². The van der Waals surface area contributed by atoms with Gasteiger partial charge in [-0.1, -0.05) is 18.2 Å². The Bertz CT molecular complexity index is 903. The van der Waals surface area contributed by atoms with Crippen molar-refractivity contribution < 1.29 is 23.9 Å². The molecule has 0 aromatic heterocycles. The van der Waals surface area contributed by atoms with E-state index in [-0.39, 0.29) is 31.3 Å². The highest BCUT2D eigenvalue weighted by molar-refractivity contribution is 9.10. The zero-order valence-corrected chi connectivity index (χ0v) is 18.0. The summed E-state index contributed by atoms with van der Waals surface area (Å²) in [5, 5.41) is 6.59. The van der Waals surface area contributed by atoms with E-state index in [1.165, 1.54) is 6.21 Å². The second-order valence-electron chi connectivity index (χ2n) is 5.99. The van der Waals surface area contributed by atoms with Gasteiger partial charge in [-0.15, -0.1) is 0 Å². The van der Waals surface area contributed by atoms with Gasteiger partial charge in [0.1, 0.15) is 5.75 Å². The molecule has 2 N–H and O–H groups in total. The van der Waals surface area contributed by atoms with E-state index < -0.39 is 5.97 Å². The second kappa shape index (κ2) is 12.4. The summed E-state index contributed by atoms with van der Waals surface area (Å²) in [6.45, 7) is 1.83. The third kappa shape index (κ3) is 8.44. The highest BCUT2D eigenvalue weighted by Crippen LogP contribution is 2.25. The van der Waals surface area contributed by atoms with Crippen LogP contribution in [0.1, 0.15) is 25.3 Å². The van der Waals surface area contributed by atoms with E-state index in [0.29, 0.717) is 28.1 Å². The number of benzene rings is 2. The number of anilines is 1. The van der Waals surface area contributed by atoms with Gasteiger partial charge in [0, 0.05) is 18.5 Å². The zero-order chi connectivity index (χ0) is 21.8. The molecule has 2 rings (SSSR count). The van der Waals surface area contributed by atoms with Crippen molar-refractivity contribution in [3.8, 4) is 5.75 Å². The fourth-order valence-corrected chi connectivity index (χ4v) is 2.77. The molecule has 2 aromatic carbocycles. The van der Waals surface area contributed by atoms with Gasteiger partial charge in [0.25, 0.3) is 0 Å². The minimum absolute atomic E-state index is 0.0142. The van der Waals surface area contributed by atoms with Crippen LogP contribution in [0.2, 0.25) is 0 Å². The molecule has 2 aromatic rings. The summed E-state index contributed by atoms with van der Waals surface area (Å²) >= 11 is 3.35. The molecule has 158 valence electrons. The molecule has 0 atom stereocenters. The molecule has 0 aliphatic heterocycles. The molecule has 0 heterocycles. The first-order valence-corrected chi connectivity index (χ1v) is 10.0. The molecular weight excluding hydrogens is 454 g/mol. The highest BCUT2D eigenvalue weighted by atomic mass is 79.9. The number of esters is 1. The summed E-state index contributed by atoms with van der Waals surface area (Å²) in [6, 6.07) is 14.1. The highest BCUT2D eigenvalue weighted by Gasteiger charge is 2.08. The first-order chi connectivity index (χ1) is 14.5. The number of hydrazone groups is 1. The predicted molar refractivity (Wildman–Crippen MR) is 116 cm³/mol. The van der Waals surface area contributed by atoms with Gasteiger partial charge in [-0.3, -0.25) is 9.59 Å². The van der Waals surface area contributed by atoms with Gasteiger partial charge in [-0.25, -0.2) is 10.2 Å². The SMILES string of the molecule is CCOC(=O)COc1ccc(C=NNC(=O)CCC(=O)Nc2ccccc2)cc1Br. The van der Waals surface area contributed by atoms with Crippen LogP contribution in [0.15, 0.2) is 58.1 Å². The Hall–Kier alpha value is -3.20. The van der Waals surface area contributed by atoms with Gasteiger partial charge in [-0.05, 0) is 58.7 Å². The number of rotatable bonds is 10. The minimum Gasteiger partial charge on any atom is -0.481 e. The molecule has 0 radical (unpaired) electrons. The Balaban J connectivity index is 1.74. The molecule has 0 saturated carbocycles. The van der Waals surface area contributed by atoms with Crippen molar-refractivity contribution in [1.29, 1.82) is 0 Å². The van der Waals surface area contributed by atoms with Crippen LogP contribution in [0.3, 0.4) is 0 Å². The third-order valence-corrected chi connectivity index (χ3v) is 4.27. The monoisotopic (exact) mass is 475 g/mol. The van der Waals surface area contributed by atoms with Crippen molar-refractivity contribution >= 4 is 45.6 Å². The summed E-state index contributed by atoms with van der Waals surface area (Å²) < 4.78 is 10.8. The van der Waals surface area contributed by atoms with Crippen molar-refractivity contribution in [3.63, 3.8) is 0 Å². The molecule has 0 aliphatic carbocycles. The molecule has 9 heteroatoms. The number of amides is 2. The Labute approximate surface area is 182 Å². The van der Waals surface area contributed by atoms with Gasteiger partial charge in [0.05, 0.1) is 17.3 Å². The third-order valence-electron chi connectivity index (χ3n) is 3.65. The number of hydrogen-bond acceptors (Lipinski definition) is 6. The number of ether oxygens (including phenoxy) is 2. The van der Waals surface area contributed by atoms with Crippen LogP contribution in [-0.2, 0) is 19.1 Å². The Kier molecular flexibility index (Phi) is 9.53. The molecule has 30 heavy (non-hydrogen) atoms. The van der Waals surface area contributed by atoms with Crippen LogP contribution < -0.4 is 15.5 Å². The van der Waals surface area contributed by atoms with Crippen LogP contribution >= 0.6 is 15.9 Å². The molecule has 0 aliphatic rings. The van der Waals surface area contributed by atoms with Crippen LogP contribution in [0, 0.1) is 0 Å². The molecular formula is C21H22BrN3O5. The lowest BCUT2D eigenvalue weighted by atomic mass is 10.2. The van der Waals surface area contributed by atoms with Gasteiger partial charge in [0.2, 0.25) is 11.8 Å². The van der Waals surface area contributed by atoms with E-state index in [9.17, 15) is 14.4 Å². The fourth-order valence-electron chi connectivity index (χ4n) is 2.26. The summed E-state index contributed by atoms with van der Waals surface area (Å²) in [5.74, 6) is -0.588. The lowest BCUT2D eigenvalue weighted by Crippen LogP contribution is -2.20. The first-order valence-electron chi connectivity index (χ1n) is 9.22. The van der Waals surface area contributed by atoms with E-state index >= 15 is 0 Å². The van der Waals surface area contributed by atoms with Crippen molar-refractivity contribution in [2.24, 2.45) is 5.10 Å². The maximum absolute atomic E-state index is 11.8. The van der Waals surface area contributed by atoms with Gasteiger partial charge in [-0.2, -0.15) is 5.10 Å². The average Bonchev–Trinajstić information content (AvgIpc) is 2.72. The number of nitrogens with one attached hydrogen (secondary N) is 2. The molecule has 0 spiro atoms. The summed E-state index contributed by atoms with van der Waals surface area (Å²) in [6.07, 6.45) is 1.52. The molecule has 8 nitrogen and oxygen atoms in total. The summed E-state index contributed by atoms with van der Waals surface area (Å²) in [4.78, 5) is 35.0. The van der Waals surface area contributed by atoms with Crippen LogP contribution in [0.5, 0.6) is 5.75 Å². The van der Waals surface area contributed by atoms with E-state index in [1.807, 2.05) is 18.2 Å². The van der Waals surface area contributed by atoms with E-state index in [2.05, 4.69) is 31.8 Å². The number of para-hydroxylation sites is 1. The van der Waals surface area contributed by atoms with Gasteiger partial charge < -0.3 is 14.8 Å². The standard InChI is InChI=1S/C21H22BrN3O5/c1-2-29-21(28)14-30-18-9-8-15(12-17(18)22)13-23-25-20(27)11-10-19(26)24-16-6-4-3-5-7-16/h3-9,12-13H,2,10-11,14H2,1H3,(H,24,26)(H,25,27). The smallest absolute Gasteiger partial charge is 0.344 e. The molecule has 2 amide bonds. The predicted octanol–water partition coefficient (Wildman–Crippen LogP) is 3.26. The van der Waals surface area contributed by atoms with E-state index in [1.54, 1.807) is 37.3 Å². The summed E-state index contributed by atoms with van der Waals surface area (Å²) in [5.41, 5.74) is 3.76. The minimum atomic E-state index is -0.449. The van der Waals surface area contributed by atoms with E-state index in [0.717, 1.165) is 0 Å². The maximum Gasteiger partial charge on any atom is 0.344 e. The van der Waals surface area contributed by atoms with Gasteiger partial charge in [0.15, 0.2) is 6.61 Å². The number of hydrogen-bond donors (Lipinski definition) is 2. The van der Waals surface area contributed by atoms with Gasteiger partial charge >= 0.3 is 5.97 Å². The lowest BCUT2D eigenvalue weighted by Gasteiger charge is -2.08. The largest absolute Gasteiger partial charge is 0.481 e. The average molecular weight is 476 g/mol. The fraction of sp³-hybridized carbons (Fsp3) is 0.238. The van der Waals surface area contributed by atoms with Crippen LogP contribution in [0.25, 0.3) is 0 Å². The number of nitrogens with zero attached hydrogens (tertiary/aromatic N) is 1.